The van der Waals surface area contributed by atoms with Gasteiger partial charge in [-0.3, -0.25) is 4.99 Å². The Bertz CT molecular complexity index is 442. The first-order chi connectivity index (χ1) is 11.3. The maximum Gasteiger partial charge on any atom is 0.191 e. The third kappa shape index (κ3) is 6.62. The standard InChI is InChI=1S/C17H29N3O3/c1-18-17(20-13-15(21)16-9-5-11-23-16)19-10-6-12-22-14-7-3-2-4-8-14/h5,9,11,14-15,21H,2-4,6-8,10,12-13H2,1H3,(H2,18,19,20). The Labute approximate surface area is 138 Å². The van der Waals surface area contributed by atoms with Crippen LogP contribution in [0, 0.1) is 0 Å². The summed E-state index contributed by atoms with van der Waals surface area (Å²) < 4.78 is 11.1. The van der Waals surface area contributed by atoms with Crippen LogP contribution in [-0.4, -0.2) is 43.9 Å². The van der Waals surface area contributed by atoms with Crippen molar-refractivity contribution in [3.05, 3.63) is 24.2 Å². The largest absolute Gasteiger partial charge is 0.467 e. The van der Waals surface area contributed by atoms with Crippen LogP contribution in [-0.2, 0) is 4.74 Å². The van der Waals surface area contributed by atoms with Gasteiger partial charge in [-0.1, -0.05) is 19.3 Å². The second kappa shape index (κ2) is 10.3. The molecule has 6 heteroatoms. The number of hydrogen-bond acceptors (Lipinski definition) is 4. The number of rotatable bonds is 8. The summed E-state index contributed by atoms with van der Waals surface area (Å²) in [5.41, 5.74) is 0. The zero-order valence-electron chi connectivity index (χ0n) is 14.0. The van der Waals surface area contributed by atoms with Crippen molar-refractivity contribution in [3.63, 3.8) is 0 Å². The van der Waals surface area contributed by atoms with Crippen molar-refractivity contribution in [2.45, 2.75) is 50.7 Å². The molecule has 130 valence electrons. The highest BCUT2D eigenvalue weighted by molar-refractivity contribution is 5.79. The van der Waals surface area contributed by atoms with Gasteiger partial charge in [0.1, 0.15) is 11.9 Å². The first-order valence-corrected chi connectivity index (χ1v) is 8.57. The molecule has 2 rings (SSSR count). The van der Waals surface area contributed by atoms with Crippen molar-refractivity contribution in [1.29, 1.82) is 0 Å². The van der Waals surface area contributed by atoms with Gasteiger partial charge in [0.25, 0.3) is 0 Å². The summed E-state index contributed by atoms with van der Waals surface area (Å²) in [6, 6.07) is 3.52. The molecule has 1 heterocycles. The number of furan rings is 1. The fourth-order valence-electron chi connectivity index (χ4n) is 2.76. The van der Waals surface area contributed by atoms with Gasteiger partial charge in [0, 0.05) is 20.2 Å². The van der Waals surface area contributed by atoms with E-state index in [1.54, 1.807) is 25.4 Å². The van der Waals surface area contributed by atoms with Gasteiger partial charge in [0.05, 0.1) is 18.9 Å². The average Bonchev–Trinajstić information content (AvgIpc) is 3.12. The monoisotopic (exact) mass is 323 g/mol. The fourth-order valence-corrected chi connectivity index (χ4v) is 2.76. The van der Waals surface area contributed by atoms with Crippen LogP contribution < -0.4 is 10.6 Å². The Morgan fingerprint density at radius 3 is 2.91 bits per heavy atom. The molecule has 3 N–H and O–H groups in total. The van der Waals surface area contributed by atoms with Crippen LogP contribution in [0.1, 0.15) is 50.4 Å². The third-order valence-electron chi connectivity index (χ3n) is 4.08. The van der Waals surface area contributed by atoms with Crippen molar-refractivity contribution in [2.24, 2.45) is 4.99 Å². The summed E-state index contributed by atoms with van der Waals surface area (Å²) in [5.74, 6) is 1.22. The van der Waals surface area contributed by atoms with E-state index in [0.717, 1.165) is 19.6 Å². The lowest BCUT2D eigenvalue weighted by Crippen LogP contribution is -2.40. The molecule has 0 spiro atoms. The summed E-state index contributed by atoms with van der Waals surface area (Å²) in [6.45, 7) is 1.93. The summed E-state index contributed by atoms with van der Waals surface area (Å²) in [6.07, 6.45) is 8.66. The molecule has 0 amide bonds. The number of aliphatic hydroxyl groups is 1. The van der Waals surface area contributed by atoms with Gasteiger partial charge in [-0.15, -0.1) is 0 Å². The molecular formula is C17H29N3O3. The SMILES string of the molecule is CN=C(NCCCOC1CCCCC1)NCC(O)c1ccco1. The lowest BCUT2D eigenvalue weighted by atomic mass is 9.98. The van der Waals surface area contributed by atoms with Gasteiger partial charge >= 0.3 is 0 Å². The highest BCUT2D eigenvalue weighted by Crippen LogP contribution is 2.20. The van der Waals surface area contributed by atoms with Crippen LogP contribution in [0.15, 0.2) is 27.8 Å². The van der Waals surface area contributed by atoms with E-state index in [1.165, 1.54) is 32.1 Å². The minimum Gasteiger partial charge on any atom is -0.467 e. The first kappa shape index (κ1) is 17.8. The predicted molar refractivity (Wildman–Crippen MR) is 90.5 cm³/mol. The number of ether oxygens (including phenoxy) is 1. The van der Waals surface area contributed by atoms with E-state index < -0.39 is 6.10 Å². The summed E-state index contributed by atoms with van der Waals surface area (Å²) in [7, 11) is 1.72. The molecule has 1 fully saturated rings. The molecule has 0 saturated heterocycles. The van der Waals surface area contributed by atoms with Crippen molar-refractivity contribution >= 4 is 5.96 Å². The predicted octanol–water partition coefficient (Wildman–Crippen LogP) is 2.22. The highest BCUT2D eigenvalue weighted by Gasteiger charge is 2.13. The molecule has 1 atom stereocenters. The number of nitrogens with one attached hydrogen (secondary N) is 2. The maximum atomic E-state index is 9.95. The molecule has 1 aromatic heterocycles. The van der Waals surface area contributed by atoms with Crippen molar-refractivity contribution in [1.82, 2.24) is 10.6 Å². The van der Waals surface area contributed by atoms with E-state index in [1.807, 2.05) is 0 Å². The van der Waals surface area contributed by atoms with Crippen LogP contribution in [0.25, 0.3) is 0 Å². The quantitative estimate of drug-likeness (QED) is 0.388. The lowest BCUT2D eigenvalue weighted by molar-refractivity contribution is 0.0277. The van der Waals surface area contributed by atoms with Gasteiger partial charge < -0.3 is 24.9 Å². The Morgan fingerprint density at radius 2 is 2.22 bits per heavy atom. The van der Waals surface area contributed by atoms with E-state index >= 15 is 0 Å². The number of guanidine groups is 1. The topological polar surface area (TPSA) is 79.0 Å². The van der Waals surface area contributed by atoms with Crippen LogP contribution in [0.2, 0.25) is 0 Å². The lowest BCUT2D eigenvalue weighted by Gasteiger charge is -2.22. The summed E-state index contributed by atoms with van der Waals surface area (Å²) in [4.78, 5) is 4.14. The number of aliphatic hydroxyl groups excluding tert-OH is 1. The molecule has 0 aromatic carbocycles. The summed E-state index contributed by atoms with van der Waals surface area (Å²) >= 11 is 0. The maximum absolute atomic E-state index is 9.95. The van der Waals surface area contributed by atoms with Gasteiger partial charge in [-0.2, -0.15) is 0 Å². The van der Waals surface area contributed by atoms with Crippen LogP contribution in [0.5, 0.6) is 0 Å². The molecule has 23 heavy (non-hydrogen) atoms. The van der Waals surface area contributed by atoms with E-state index in [4.69, 9.17) is 9.15 Å². The number of nitrogens with zero attached hydrogens (tertiary/aromatic N) is 1. The zero-order chi connectivity index (χ0) is 16.3. The Morgan fingerprint density at radius 1 is 1.39 bits per heavy atom. The van der Waals surface area contributed by atoms with Gasteiger partial charge in [0.2, 0.25) is 0 Å². The Kier molecular flexibility index (Phi) is 7.97. The highest BCUT2D eigenvalue weighted by atomic mass is 16.5. The normalized spacial score (nSPS) is 17.9. The fraction of sp³-hybridized carbons (Fsp3) is 0.706. The molecule has 0 radical (unpaired) electrons. The second-order valence-corrected chi connectivity index (χ2v) is 5.90. The van der Waals surface area contributed by atoms with Gasteiger partial charge in [0.15, 0.2) is 5.96 Å². The number of aliphatic imine (C=N–C) groups is 1. The molecule has 0 bridgehead atoms. The smallest absolute Gasteiger partial charge is 0.191 e. The molecule has 1 aliphatic carbocycles. The van der Waals surface area contributed by atoms with Crippen LogP contribution >= 0.6 is 0 Å². The van der Waals surface area contributed by atoms with Crippen LogP contribution in [0.4, 0.5) is 0 Å². The van der Waals surface area contributed by atoms with Crippen molar-refractivity contribution < 1.29 is 14.3 Å². The molecule has 1 unspecified atom stereocenters. The van der Waals surface area contributed by atoms with E-state index in [-0.39, 0.29) is 0 Å². The second-order valence-electron chi connectivity index (χ2n) is 5.90. The van der Waals surface area contributed by atoms with E-state index in [0.29, 0.717) is 24.4 Å². The molecule has 1 aromatic rings. The van der Waals surface area contributed by atoms with Crippen molar-refractivity contribution in [3.8, 4) is 0 Å². The Hall–Kier alpha value is -1.53. The third-order valence-corrected chi connectivity index (χ3v) is 4.08. The first-order valence-electron chi connectivity index (χ1n) is 8.57. The van der Waals surface area contributed by atoms with Gasteiger partial charge in [-0.05, 0) is 31.4 Å². The summed E-state index contributed by atoms with van der Waals surface area (Å²) in [5, 5.41) is 16.3. The Balaban J connectivity index is 1.54. The van der Waals surface area contributed by atoms with E-state index in [2.05, 4.69) is 15.6 Å². The minimum atomic E-state index is -0.682. The van der Waals surface area contributed by atoms with Crippen LogP contribution in [0.3, 0.4) is 0 Å². The van der Waals surface area contributed by atoms with E-state index in [9.17, 15) is 5.11 Å². The number of hydrogen-bond donors (Lipinski definition) is 3. The minimum absolute atomic E-state index is 0.353. The molecular weight excluding hydrogens is 294 g/mol. The van der Waals surface area contributed by atoms with Crippen molar-refractivity contribution in [2.75, 3.05) is 26.7 Å². The average molecular weight is 323 g/mol. The molecule has 1 saturated carbocycles. The molecule has 1 aliphatic rings. The molecule has 0 aliphatic heterocycles. The zero-order valence-corrected chi connectivity index (χ0v) is 14.0. The van der Waals surface area contributed by atoms with Gasteiger partial charge in [-0.25, -0.2) is 0 Å². The molecule has 6 nitrogen and oxygen atoms in total.